The summed E-state index contributed by atoms with van der Waals surface area (Å²) in [6.07, 6.45) is 2.45. The summed E-state index contributed by atoms with van der Waals surface area (Å²) >= 11 is 0. The maximum Gasteiger partial charge on any atom is 0.160 e. The van der Waals surface area contributed by atoms with E-state index >= 15 is 0 Å². The minimum atomic E-state index is -0.00566. The van der Waals surface area contributed by atoms with Crippen LogP contribution in [0.5, 0.6) is 0 Å². The average molecular weight is 286 g/mol. The van der Waals surface area contributed by atoms with Gasteiger partial charge in [-0.15, -0.1) is 0 Å². The second-order valence-electron chi connectivity index (χ2n) is 5.68. The molecule has 4 atom stereocenters. The summed E-state index contributed by atoms with van der Waals surface area (Å²) < 4.78 is 22.9. The Morgan fingerprint density at radius 3 is 1.20 bits per heavy atom. The van der Waals surface area contributed by atoms with Gasteiger partial charge in [-0.05, 0) is 52.4 Å². The van der Waals surface area contributed by atoms with E-state index in [9.17, 15) is 0 Å². The van der Waals surface area contributed by atoms with Gasteiger partial charge in [-0.2, -0.15) is 0 Å². The summed E-state index contributed by atoms with van der Waals surface area (Å²) in [5.74, 6) is 2.64. The molecule has 0 spiro atoms. The molecule has 0 radical (unpaired) electrons. The summed E-state index contributed by atoms with van der Waals surface area (Å²) in [7, 11) is 0. The first-order valence-corrected chi connectivity index (χ1v) is 8.23. The number of hydrogen-bond acceptors (Lipinski definition) is 4. The van der Waals surface area contributed by atoms with Crippen LogP contribution in [0.4, 0.5) is 0 Å². The van der Waals surface area contributed by atoms with Gasteiger partial charge in [0.25, 0.3) is 0 Å². The van der Waals surface area contributed by atoms with Crippen LogP contribution in [0.25, 0.3) is 0 Å². The normalized spacial score (nSPS) is 32.1. The van der Waals surface area contributed by atoms with E-state index in [2.05, 4.69) is 0 Å². The van der Waals surface area contributed by atoms with Gasteiger partial charge in [0.05, 0.1) is 0 Å². The second kappa shape index (κ2) is 7.74. The van der Waals surface area contributed by atoms with E-state index in [1.807, 2.05) is 27.7 Å². The predicted molar refractivity (Wildman–Crippen MR) is 77.3 cm³/mol. The van der Waals surface area contributed by atoms with Gasteiger partial charge in [-0.25, -0.2) is 0 Å². The minimum Gasteiger partial charge on any atom is -0.353 e. The molecule has 0 aliphatic heterocycles. The highest BCUT2D eigenvalue weighted by Crippen LogP contribution is 2.60. The number of ether oxygens (including phenoxy) is 4. The van der Waals surface area contributed by atoms with Crippen molar-refractivity contribution < 1.29 is 18.9 Å². The van der Waals surface area contributed by atoms with Crippen molar-refractivity contribution in [3.63, 3.8) is 0 Å². The quantitative estimate of drug-likeness (QED) is 0.547. The Bertz CT molecular complexity index is 244. The van der Waals surface area contributed by atoms with Crippen LogP contribution < -0.4 is 0 Å². The highest BCUT2D eigenvalue weighted by Gasteiger charge is 2.58. The molecule has 2 fully saturated rings. The zero-order valence-corrected chi connectivity index (χ0v) is 13.3. The van der Waals surface area contributed by atoms with Gasteiger partial charge < -0.3 is 18.9 Å². The Hall–Kier alpha value is -0.160. The first kappa shape index (κ1) is 16.2. The number of hydrogen-bond donors (Lipinski definition) is 0. The van der Waals surface area contributed by atoms with Crippen molar-refractivity contribution >= 4 is 0 Å². The molecule has 0 heterocycles. The Labute approximate surface area is 123 Å². The van der Waals surface area contributed by atoms with Crippen LogP contribution >= 0.6 is 0 Å². The van der Waals surface area contributed by atoms with Gasteiger partial charge in [0, 0.05) is 38.3 Å². The van der Waals surface area contributed by atoms with Gasteiger partial charge in [-0.3, -0.25) is 0 Å². The fourth-order valence-corrected chi connectivity index (χ4v) is 3.33. The lowest BCUT2D eigenvalue weighted by Crippen LogP contribution is -2.23. The lowest BCUT2D eigenvalue weighted by atomic mass is 10.1. The van der Waals surface area contributed by atoms with E-state index in [1.165, 1.54) is 12.8 Å². The van der Waals surface area contributed by atoms with Crippen LogP contribution in [-0.2, 0) is 18.9 Å². The third-order valence-electron chi connectivity index (χ3n) is 4.36. The van der Waals surface area contributed by atoms with Crippen LogP contribution in [0.15, 0.2) is 0 Å². The molecule has 4 unspecified atom stereocenters. The SMILES string of the molecule is CCOC(OCC)C1CC1C1CC1C(OCC)OCC. The van der Waals surface area contributed by atoms with Crippen molar-refractivity contribution in [1.29, 1.82) is 0 Å². The lowest BCUT2D eigenvalue weighted by molar-refractivity contribution is -0.156. The van der Waals surface area contributed by atoms with Gasteiger partial charge in [-0.1, -0.05) is 0 Å². The molecule has 0 aromatic heterocycles. The smallest absolute Gasteiger partial charge is 0.160 e. The van der Waals surface area contributed by atoms with Crippen LogP contribution in [0.1, 0.15) is 40.5 Å². The third-order valence-corrected chi connectivity index (χ3v) is 4.36. The Kier molecular flexibility index (Phi) is 6.27. The van der Waals surface area contributed by atoms with Crippen molar-refractivity contribution in [3.05, 3.63) is 0 Å². The standard InChI is InChI=1S/C16H30O4/c1-5-17-15(18-6-2)13-9-11(13)12-10-14(12)16(19-7-3)20-8-4/h11-16H,5-10H2,1-4H3. The Morgan fingerprint density at radius 2 is 0.950 bits per heavy atom. The van der Waals surface area contributed by atoms with Crippen LogP contribution in [0.2, 0.25) is 0 Å². The summed E-state index contributed by atoms with van der Waals surface area (Å²) in [6, 6.07) is 0. The molecule has 4 heteroatoms. The van der Waals surface area contributed by atoms with Crippen molar-refractivity contribution in [2.75, 3.05) is 26.4 Å². The van der Waals surface area contributed by atoms with Crippen LogP contribution in [0, 0.1) is 23.7 Å². The third kappa shape index (κ3) is 3.94. The maximum atomic E-state index is 5.72. The molecule has 0 saturated heterocycles. The van der Waals surface area contributed by atoms with Crippen molar-refractivity contribution in [2.24, 2.45) is 23.7 Å². The largest absolute Gasteiger partial charge is 0.353 e. The summed E-state index contributed by atoms with van der Waals surface area (Å²) in [6.45, 7) is 11.0. The Morgan fingerprint density at radius 1 is 0.650 bits per heavy atom. The molecular weight excluding hydrogens is 256 g/mol. The maximum absolute atomic E-state index is 5.72. The molecule has 0 bridgehead atoms. The zero-order valence-electron chi connectivity index (χ0n) is 13.3. The van der Waals surface area contributed by atoms with Crippen molar-refractivity contribution in [1.82, 2.24) is 0 Å². The molecule has 2 aliphatic carbocycles. The molecule has 2 rings (SSSR count). The molecule has 0 N–H and O–H groups in total. The molecule has 2 aliphatic rings. The van der Waals surface area contributed by atoms with E-state index in [-0.39, 0.29) is 12.6 Å². The van der Waals surface area contributed by atoms with Gasteiger partial charge in [0.15, 0.2) is 12.6 Å². The fraction of sp³-hybridized carbons (Fsp3) is 1.00. The van der Waals surface area contributed by atoms with E-state index < -0.39 is 0 Å². The highest BCUT2D eigenvalue weighted by atomic mass is 16.7. The lowest BCUT2D eigenvalue weighted by Gasteiger charge is -2.18. The van der Waals surface area contributed by atoms with Crippen molar-refractivity contribution in [2.45, 2.75) is 53.1 Å². The Balaban J connectivity index is 1.78. The van der Waals surface area contributed by atoms with Crippen LogP contribution in [-0.4, -0.2) is 39.0 Å². The van der Waals surface area contributed by atoms with E-state index in [0.717, 1.165) is 38.3 Å². The minimum absolute atomic E-state index is 0.00566. The molecule has 2 saturated carbocycles. The second-order valence-corrected chi connectivity index (χ2v) is 5.68. The first-order chi connectivity index (χ1) is 9.76. The molecule has 20 heavy (non-hydrogen) atoms. The molecular formula is C16H30O4. The molecule has 0 aromatic rings. The van der Waals surface area contributed by atoms with Gasteiger partial charge in [0.2, 0.25) is 0 Å². The average Bonchev–Trinajstić information content (AvgIpc) is 3.30. The molecule has 4 nitrogen and oxygen atoms in total. The summed E-state index contributed by atoms with van der Waals surface area (Å²) in [4.78, 5) is 0. The van der Waals surface area contributed by atoms with Crippen LogP contribution in [0.3, 0.4) is 0 Å². The highest BCUT2D eigenvalue weighted by molar-refractivity contribution is 5.04. The number of rotatable bonds is 11. The summed E-state index contributed by atoms with van der Waals surface area (Å²) in [5.41, 5.74) is 0. The van der Waals surface area contributed by atoms with Crippen molar-refractivity contribution in [3.8, 4) is 0 Å². The van der Waals surface area contributed by atoms with E-state index in [0.29, 0.717) is 11.8 Å². The van der Waals surface area contributed by atoms with E-state index in [1.54, 1.807) is 0 Å². The summed E-state index contributed by atoms with van der Waals surface area (Å²) in [5, 5.41) is 0. The van der Waals surface area contributed by atoms with E-state index in [4.69, 9.17) is 18.9 Å². The molecule has 0 amide bonds. The first-order valence-electron chi connectivity index (χ1n) is 8.23. The predicted octanol–water partition coefficient (Wildman–Crippen LogP) is 3.06. The monoisotopic (exact) mass is 286 g/mol. The van der Waals surface area contributed by atoms with Gasteiger partial charge in [0.1, 0.15) is 0 Å². The fourth-order valence-electron chi connectivity index (χ4n) is 3.33. The van der Waals surface area contributed by atoms with Gasteiger partial charge >= 0.3 is 0 Å². The zero-order chi connectivity index (χ0) is 14.5. The molecule has 118 valence electrons. The topological polar surface area (TPSA) is 36.9 Å². The molecule has 0 aromatic carbocycles.